The van der Waals surface area contributed by atoms with Crippen LogP contribution >= 0.6 is 34.8 Å². The van der Waals surface area contributed by atoms with E-state index in [1.807, 2.05) is 0 Å². The molecule has 1 saturated heterocycles. The van der Waals surface area contributed by atoms with Crippen molar-refractivity contribution in [1.29, 1.82) is 0 Å². The fourth-order valence-electron chi connectivity index (χ4n) is 2.71. The van der Waals surface area contributed by atoms with Crippen LogP contribution in [0.15, 0.2) is 36.4 Å². The maximum atomic E-state index is 11.9. The number of nitrogens with one attached hydrogen (secondary N) is 2. The number of carbonyl (C=O) groups excluding carboxylic acids is 2. The minimum atomic E-state index is -1.15. The second-order valence-electron chi connectivity index (χ2n) is 5.67. The number of aliphatic carboxylic acids is 1. The van der Waals surface area contributed by atoms with Crippen LogP contribution in [0.2, 0.25) is 15.1 Å². The third kappa shape index (κ3) is 4.01. The smallest absolute Gasteiger partial charge is 0.343 e. The fraction of sp³-hybridized carbons (Fsp3) is 0.118. The van der Waals surface area contributed by atoms with Crippen LogP contribution in [0.25, 0.3) is 0 Å². The van der Waals surface area contributed by atoms with Crippen molar-refractivity contribution in [2.75, 3.05) is 11.6 Å². The van der Waals surface area contributed by atoms with Crippen LogP contribution in [-0.2, 0) is 9.59 Å². The van der Waals surface area contributed by atoms with Crippen molar-refractivity contribution in [3.05, 3.63) is 62.6 Å². The largest absolute Gasteiger partial charge is 0.481 e. The zero-order chi connectivity index (χ0) is 19.7. The number of anilines is 1. The van der Waals surface area contributed by atoms with Gasteiger partial charge in [-0.05, 0) is 29.8 Å². The Morgan fingerprint density at radius 2 is 1.67 bits per heavy atom. The SMILES string of the molecule is O=C1CNN(c2cc(Cl)c(C(C(=O)O)c3ccc(Cl)cc3)c(Cl)c2)C(=O)N1. The van der Waals surface area contributed by atoms with Crippen LogP contribution in [0.5, 0.6) is 0 Å². The molecular weight excluding hydrogens is 417 g/mol. The maximum Gasteiger partial charge on any atom is 0.343 e. The van der Waals surface area contributed by atoms with Crippen LogP contribution < -0.4 is 15.8 Å². The van der Waals surface area contributed by atoms with Crippen LogP contribution in [0.3, 0.4) is 0 Å². The molecule has 1 fully saturated rings. The number of imide groups is 1. The number of halogens is 3. The Morgan fingerprint density at radius 3 is 2.19 bits per heavy atom. The van der Waals surface area contributed by atoms with Gasteiger partial charge in [0, 0.05) is 20.6 Å². The summed E-state index contributed by atoms with van der Waals surface area (Å²) in [5.74, 6) is -2.74. The Hall–Kier alpha value is -2.32. The number of rotatable bonds is 4. The number of hydrogen-bond donors (Lipinski definition) is 3. The number of hydrazine groups is 1. The number of carbonyl (C=O) groups is 3. The van der Waals surface area contributed by atoms with E-state index in [1.54, 1.807) is 24.3 Å². The summed E-state index contributed by atoms with van der Waals surface area (Å²) in [5.41, 5.74) is 3.52. The highest BCUT2D eigenvalue weighted by molar-refractivity contribution is 6.37. The lowest BCUT2D eigenvalue weighted by atomic mass is 9.91. The number of carboxylic acid groups (broad SMARTS) is 1. The first-order valence-corrected chi connectivity index (χ1v) is 8.76. The van der Waals surface area contributed by atoms with Gasteiger partial charge in [-0.3, -0.25) is 14.9 Å². The molecule has 3 amide bonds. The van der Waals surface area contributed by atoms with Gasteiger partial charge in [0.25, 0.3) is 0 Å². The fourth-order valence-corrected chi connectivity index (χ4v) is 3.53. The van der Waals surface area contributed by atoms with Crippen LogP contribution in [-0.4, -0.2) is 29.6 Å². The molecule has 2 aromatic rings. The lowest BCUT2D eigenvalue weighted by Gasteiger charge is -2.28. The predicted molar refractivity (Wildman–Crippen MR) is 101 cm³/mol. The van der Waals surface area contributed by atoms with E-state index < -0.39 is 23.8 Å². The lowest BCUT2D eigenvalue weighted by molar-refractivity contribution is -0.137. The van der Waals surface area contributed by atoms with E-state index in [9.17, 15) is 19.5 Å². The minimum absolute atomic E-state index is 0.0614. The van der Waals surface area contributed by atoms with Crippen molar-refractivity contribution in [2.45, 2.75) is 5.92 Å². The molecule has 0 saturated carbocycles. The average molecular weight is 429 g/mol. The first kappa shape index (κ1) is 19.4. The highest BCUT2D eigenvalue weighted by Gasteiger charge is 2.30. The molecule has 1 aliphatic heterocycles. The molecule has 0 spiro atoms. The maximum absolute atomic E-state index is 11.9. The highest BCUT2D eigenvalue weighted by atomic mass is 35.5. The normalized spacial score (nSPS) is 15.4. The van der Waals surface area contributed by atoms with Gasteiger partial charge in [-0.25, -0.2) is 15.2 Å². The van der Waals surface area contributed by atoms with E-state index in [4.69, 9.17) is 34.8 Å². The van der Waals surface area contributed by atoms with E-state index in [-0.39, 0.29) is 27.8 Å². The third-order valence-electron chi connectivity index (χ3n) is 3.91. The Balaban J connectivity index is 2.03. The first-order valence-electron chi connectivity index (χ1n) is 7.62. The molecule has 3 N–H and O–H groups in total. The van der Waals surface area contributed by atoms with Gasteiger partial charge >= 0.3 is 12.0 Å². The van der Waals surface area contributed by atoms with E-state index in [1.165, 1.54) is 12.1 Å². The van der Waals surface area contributed by atoms with Gasteiger partial charge in [0.05, 0.1) is 12.2 Å². The highest BCUT2D eigenvalue weighted by Crippen LogP contribution is 2.39. The molecule has 0 aromatic heterocycles. The van der Waals surface area contributed by atoms with Crippen molar-refractivity contribution in [3.63, 3.8) is 0 Å². The molecular formula is C17H12Cl3N3O4. The molecule has 1 atom stereocenters. The van der Waals surface area contributed by atoms with Gasteiger partial charge < -0.3 is 5.11 Å². The second kappa shape index (κ2) is 7.74. The molecule has 0 bridgehead atoms. The number of nitrogens with zero attached hydrogens (tertiary/aromatic N) is 1. The number of urea groups is 1. The molecule has 1 unspecified atom stereocenters. The van der Waals surface area contributed by atoms with Crippen molar-refractivity contribution in [2.24, 2.45) is 0 Å². The van der Waals surface area contributed by atoms with Gasteiger partial charge in [0.2, 0.25) is 5.91 Å². The van der Waals surface area contributed by atoms with Crippen LogP contribution in [0.1, 0.15) is 17.0 Å². The van der Waals surface area contributed by atoms with Crippen molar-refractivity contribution < 1.29 is 19.5 Å². The van der Waals surface area contributed by atoms with Crippen molar-refractivity contribution in [1.82, 2.24) is 10.7 Å². The summed E-state index contributed by atoms with van der Waals surface area (Å²) < 4.78 is 0. The minimum Gasteiger partial charge on any atom is -0.481 e. The molecule has 1 heterocycles. The van der Waals surface area contributed by atoms with E-state index >= 15 is 0 Å². The summed E-state index contributed by atoms with van der Waals surface area (Å²) in [4.78, 5) is 35.1. The molecule has 0 aliphatic carbocycles. The molecule has 1 aliphatic rings. The first-order chi connectivity index (χ1) is 12.8. The van der Waals surface area contributed by atoms with Crippen LogP contribution in [0, 0.1) is 0 Å². The van der Waals surface area contributed by atoms with Gasteiger partial charge in [-0.15, -0.1) is 0 Å². The van der Waals surface area contributed by atoms with Gasteiger partial charge in [-0.2, -0.15) is 0 Å². The summed E-state index contributed by atoms with van der Waals surface area (Å²) in [6.45, 7) is -0.106. The average Bonchev–Trinajstić information content (AvgIpc) is 2.58. The van der Waals surface area contributed by atoms with Crippen molar-refractivity contribution >= 4 is 58.4 Å². The van der Waals surface area contributed by atoms with E-state index in [2.05, 4.69) is 10.7 Å². The van der Waals surface area contributed by atoms with E-state index in [0.29, 0.717) is 10.6 Å². The standard InChI is InChI=1S/C17H12Cl3N3O4/c18-9-3-1-8(2-4-9)14(16(25)26)15-11(19)5-10(6-12(15)20)23-17(27)22-13(24)7-21-23/h1-6,14,21H,7H2,(H,25,26)(H,22,24,27). The molecule has 0 radical (unpaired) electrons. The molecule has 140 valence electrons. The van der Waals surface area contributed by atoms with Gasteiger partial charge in [-0.1, -0.05) is 46.9 Å². The Kier molecular flexibility index (Phi) is 5.57. The summed E-state index contributed by atoms with van der Waals surface area (Å²) in [6, 6.07) is 8.40. The van der Waals surface area contributed by atoms with E-state index in [0.717, 1.165) is 5.01 Å². The second-order valence-corrected chi connectivity index (χ2v) is 6.92. The number of benzene rings is 2. The molecule has 2 aromatic carbocycles. The van der Waals surface area contributed by atoms with Gasteiger partial charge in [0.1, 0.15) is 5.92 Å². The Labute approximate surface area is 168 Å². The number of hydrogen-bond acceptors (Lipinski definition) is 4. The number of carboxylic acids is 1. The monoisotopic (exact) mass is 427 g/mol. The predicted octanol–water partition coefficient (Wildman–Crippen LogP) is 3.42. The zero-order valence-corrected chi connectivity index (χ0v) is 15.8. The Bertz CT molecular complexity index is 911. The van der Waals surface area contributed by atoms with Crippen LogP contribution in [0.4, 0.5) is 10.5 Å². The van der Waals surface area contributed by atoms with Crippen molar-refractivity contribution in [3.8, 4) is 0 Å². The zero-order valence-electron chi connectivity index (χ0n) is 13.5. The Morgan fingerprint density at radius 1 is 1.07 bits per heavy atom. The topological polar surface area (TPSA) is 98.7 Å². The summed E-state index contributed by atoms with van der Waals surface area (Å²) in [6.07, 6.45) is 0. The summed E-state index contributed by atoms with van der Waals surface area (Å²) >= 11 is 18.5. The quantitative estimate of drug-likeness (QED) is 0.693. The molecule has 7 nitrogen and oxygen atoms in total. The third-order valence-corrected chi connectivity index (χ3v) is 4.79. The molecule has 10 heteroatoms. The molecule has 27 heavy (non-hydrogen) atoms. The number of amides is 3. The lowest BCUT2D eigenvalue weighted by Crippen LogP contribution is -2.59. The van der Waals surface area contributed by atoms with Gasteiger partial charge in [0.15, 0.2) is 0 Å². The summed E-state index contributed by atoms with van der Waals surface area (Å²) in [7, 11) is 0. The molecule has 3 rings (SSSR count). The summed E-state index contributed by atoms with van der Waals surface area (Å²) in [5, 5.41) is 13.5.